The number of halogens is 1. The lowest BCUT2D eigenvalue weighted by molar-refractivity contribution is 0.469. The van der Waals surface area contributed by atoms with Crippen LogP contribution in [0.3, 0.4) is 0 Å². The summed E-state index contributed by atoms with van der Waals surface area (Å²) in [6, 6.07) is 13.8. The van der Waals surface area contributed by atoms with Gasteiger partial charge in [0.1, 0.15) is 5.75 Å². The molecule has 0 heterocycles. The van der Waals surface area contributed by atoms with E-state index in [1.165, 1.54) is 18.4 Å². The molecule has 0 aliphatic rings. The van der Waals surface area contributed by atoms with Crippen molar-refractivity contribution in [3.05, 3.63) is 58.6 Å². The zero-order chi connectivity index (χ0) is 14.4. The first kappa shape index (κ1) is 14.7. The molecule has 0 saturated heterocycles. The predicted octanol–water partition coefficient (Wildman–Crippen LogP) is 5.00. The van der Waals surface area contributed by atoms with E-state index in [0.29, 0.717) is 11.6 Å². The molecule has 3 heteroatoms. The number of hydrogen-bond donors (Lipinski definition) is 2. The number of aromatic hydroxyl groups is 1. The van der Waals surface area contributed by atoms with Crippen molar-refractivity contribution in [1.82, 2.24) is 0 Å². The maximum Gasteiger partial charge on any atom is 0.139 e. The average Bonchev–Trinajstić information content (AvgIpc) is 2.48. The van der Waals surface area contributed by atoms with E-state index < -0.39 is 0 Å². The molecule has 106 valence electrons. The number of rotatable bonds is 6. The molecule has 0 radical (unpaired) electrons. The van der Waals surface area contributed by atoms with Crippen LogP contribution >= 0.6 is 11.6 Å². The lowest BCUT2D eigenvalue weighted by Gasteiger charge is -2.09. The number of phenols is 1. The molecule has 2 nitrogen and oxygen atoms in total. The highest BCUT2D eigenvalue weighted by Crippen LogP contribution is 2.27. The summed E-state index contributed by atoms with van der Waals surface area (Å²) in [5.41, 5.74) is 3.21. The SMILES string of the molecule is CCCCc1ccc(NCc2cccc(Cl)c2O)cc1. The van der Waals surface area contributed by atoms with Crippen LogP contribution in [0, 0.1) is 0 Å². The van der Waals surface area contributed by atoms with Gasteiger partial charge < -0.3 is 10.4 Å². The molecule has 0 fully saturated rings. The summed E-state index contributed by atoms with van der Waals surface area (Å²) in [6.07, 6.45) is 3.57. The summed E-state index contributed by atoms with van der Waals surface area (Å²) in [5.74, 6) is 0.154. The van der Waals surface area contributed by atoms with Gasteiger partial charge >= 0.3 is 0 Å². The zero-order valence-corrected chi connectivity index (χ0v) is 12.5. The van der Waals surface area contributed by atoms with E-state index >= 15 is 0 Å². The third-order valence-corrected chi connectivity index (χ3v) is 3.63. The average molecular weight is 290 g/mol. The monoisotopic (exact) mass is 289 g/mol. The quantitative estimate of drug-likeness (QED) is 0.784. The fourth-order valence-corrected chi connectivity index (χ4v) is 2.26. The second-order valence-corrected chi connectivity index (χ2v) is 5.31. The molecule has 2 aromatic rings. The van der Waals surface area contributed by atoms with Crippen molar-refractivity contribution in [3.8, 4) is 5.75 Å². The number of para-hydroxylation sites is 1. The van der Waals surface area contributed by atoms with Crippen molar-refractivity contribution in [2.45, 2.75) is 32.7 Å². The van der Waals surface area contributed by atoms with Crippen molar-refractivity contribution >= 4 is 17.3 Å². The van der Waals surface area contributed by atoms with Crippen LogP contribution in [-0.4, -0.2) is 5.11 Å². The molecule has 0 aliphatic carbocycles. The highest BCUT2D eigenvalue weighted by Gasteiger charge is 2.04. The molecule has 2 N–H and O–H groups in total. The normalized spacial score (nSPS) is 10.5. The van der Waals surface area contributed by atoms with Gasteiger partial charge in [-0.05, 0) is 36.6 Å². The van der Waals surface area contributed by atoms with Gasteiger partial charge in [0.2, 0.25) is 0 Å². The maximum atomic E-state index is 9.84. The van der Waals surface area contributed by atoms with Crippen LogP contribution in [0.15, 0.2) is 42.5 Å². The van der Waals surface area contributed by atoms with Crippen molar-refractivity contribution in [1.29, 1.82) is 0 Å². The van der Waals surface area contributed by atoms with E-state index in [1.54, 1.807) is 6.07 Å². The van der Waals surface area contributed by atoms with Crippen molar-refractivity contribution < 1.29 is 5.11 Å². The predicted molar refractivity (Wildman–Crippen MR) is 85.5 cm³/mol. The van der Waals surface area contributed by atoms with Crippen LogP contribution in [0.2, 0.25) is 5.02 Å². The van der Waals surface area contributed by atoms with E-state index in [2.05, 4.69) is 36.5 Å². The van der Waals surface area contributed by atoms with E-state index in [4.69, 9.17) is 11.6 Å². The van der Waals surface area contributed by atoms with E-state index in [0.717, 1.165) is 17.7 Å². The number of phenolic OH excluding ortho intramolecular Hbond substituents is 1. The molecule has 2 aromatic carbocycles. The molecule has 0 aliphatic heterocycles. The van der Waals surface area contributed by atoms with Gasteiger partial charge in [0, 0.05) is 17.8 Å². The highest BCUT2D eigenvalue weighted by atomic mass is 35.5. The molecule has 20 heavy (non-hydrogen) atoms. The van der Waals surface area contributed by atoms with Gasteiger partial charge in [-0.3, -0.25) is 0 Å². The zero-order valence-electron chi connectivity index (χ0n) is 11.7. The number of unbranched alkanes of at least 4 members (excludes halogenated alkanes) is 1. The molecular formula is C17H20ClNO. The van der Waals surface area contributed by atoms with Gasteiger partial charge in [0.15, 0.2) is 0 Å². The summed E-state index contributed by atoms with van der Waals surface area (Å²) in [6.45, 7) is 2.76. The third-order valence-electron chi connectivity index (χ3n) is 3.33. The van der Waals surface area contributed by atoms with E-state index in [-0.39, 0.29) is 5.75 Å². The lowest BCUT2D eigenvalue weighted by atomic mass is 10.1. The Morgan fingerprint density at radius 2 is 1.85 bits per heavy atom. The second-order valence-electron chi connectivity index (χ2n) is 4.90. The first-order valence-electron chi connectivity index (χ1n) is 7.00. The van der Waals surface area contributed by atoms with Crippen molar-refractivity contribution in [2.75, 3.05) is 5.32 Å². The standard InChI is InChI=1S/C17H20ClNO/c1-2-3-5-13-8-10-15(11-9-13)19-12-14-6-4-7-16(18)17(14)20/h4,6-11,19-20H,2-3,5,12H2,1H3. The first-order valence-corrected chi connectivity index (χ1v) is 7.37. The third kappa shape index (κ3) is 3.91. The summed E-state index contributed by atoms with van der Waals surface area (Å²) in [5, 5.41) is 13.5. The van der Waals surface area contributed by atoms with Gasteiger partial charge in [-0.1, -0.05) is 49.2 Å². The Labute approximate surface area is 125 Å². The highest BCUT2D eigenvalue weighted by molar-refractivity contribution is 6.32. The van der Waals surface area contributed by atoms with Crippen LogP contribution in [0.25, 0.3) is 0 Å². The summed E-state index contributed by atoms with van der Waals surface area (Å²) < 4.78 is 0. The minimum Gasteiger partial charge on any atom is -0.506 e. The fourth-order valence-electron chi connectivity index (χ4n) is 2.07. The van der Waals surface area contributed by atoms with Gasteiger partial charge in [-0.25, -0.2) is 0 Å². The molecule has 0 amide bonds. The molecule has 0 aromatic heterocycles. The van der Waals surface area contributed by atoms with Gasteiger partial charge in [0.25, 0.3) is 0 Å². The number of aryl methyl sites for hydroxylation is 1. The fraction of sp³-hybridized carbons (Fsp3) is 0.294. The van der Waals surface area contributed by atoms with Gasteiger partial charge in [0.05, 0.1) is 5.02 Å². The van der Waals surface area contributed by atoms with Crippen LogP contribution in [-0.2, 0) is 13.0 Å². The molecular weight excluding hydrogens is 270 g/mol. The Morgan fingerprint density at radius 3 is 2.55 bits per heavy atom. The summed E-state index contributed by atoms with van der Waals surface area (Å²) >= 11 is 5.89. The summed E-state index contributed by atoms with van der Waals surface area (Å²) in [4.78, 5) is 0. The largest absolute Gasteiger partial charge is 0.506 e. The number of anilines is 1. The van der Waals surface area contributed by atoms with Crippen LogP contribution in [0.4, 0.5) is 5.69 Å². The maximum absolute atomic E-state index is 9.84. The van der Waals surface area contributed by atoms with Crippen LogP contribution in [0.5, 0.6) is 5.75 Å². The van der Waals surface area contributed by atoms with Crippen LogP contribution in [0.1, 0.15) is 30.9 Å². The van der Waals surface area contributed by atoms with Crippen molar-refractivity contribution in [2.24, 2.45) is 0 Å². The lowest BCUT2D eigenvalue weighted by Crippen LogP contribution is -2.00. The first-order chi connectivity index (χ1) is 9.70. The summed E-state index contributed by atoms with van der Waals surface area (Å²) in [7, 11) is 0. The Morgan fingerprint density at radius 1 is 1.10 bits per heavy atom. The van der Waals surface area contributed by atoms with E-state index in [1.807, 2.05) is 12.1 Å². The van der Waals surface area contributed by atoms with Gasteiger partial charge in [-0.15, -0.1) is 0 Å². The Kier molecular flexibility index (Phi) is 5.31. The Bertz CT molecular complexity index is 551. The van der Waals surface area contributed by atoms with Crippen LogP contribution < -0.4 is 5.32 Å². The van der Waals surface area contributed by atoms with Crippen molar-refractivity contribution in [3.63, 3.8) is 0 Å². The molecule has 0 saturated carbocycles. The second kappa shape index (κ2) is 7.20. The molecule has 0 unspecified atom stereocenters. The molecule has 2 rings (SSSR count). The minimum absolute atomic E-state index is 0.154. The Hall–Kier alpha value is -1.67. The minimum atomic E-state index is 0.154. The molecule has 0 bridgehead atoms. The van der Waals surface area contributed by atoms with E-state index in [9.17, 15) is 5.11 Å². The smallest absolute Gasteiger partial charge is 0.139 e. The molecule has 0 spiro atoms. The topological polar surface area (TPSA) is 32.3 Å². The van der Waals surface area contributed by atoms with Gasteiger partial charge in [-0.2, -0.15) is 0 Å². The number of nitrogens with one attached hydrogen (secondary N) is 1. The number of benzene rings is 2. The Balaban J connectivity index is 1.95. The molecule has 0 atom stereocenters. The number of hydrogen-bond acceptors (Lipinski definition) is 2.